The lowest BCUT2D eigenvalue weighted by atomic mass is 9.97. The van der Waals surface area contributed by atoms with Crippen LogP contribution in [0.15, 0.2) is 18.2 Å². The Kier molecular flexibility index (Phi) is 5.34. The van der Waals surface area contributed by atoms with Crippen molar-refractivity contribution in [3.8, 4) is 0 Å². The highest BCUT2D eigenvalue weighted by molar-refractivity contribution is 5.95. The molecule has 1 saturated heterocycles. The molecule has 1 N–H and O–H groups in total. The number of anilines is 1. The van der Waals surface area contributed by atoms with Gasteiger partial charge in [0, 0.05) is 50.9 Å². The monoisotopic (exact) mass is 315 g/mol. The molecule has 0 aliphatic carbocycles. The van der Waals surface area contributed by atoms with E-state index in [0.29, 0.717) is 0 Å². The first-order valence-electron chi connectivity index (χ1n) is 9.01. The van der Waals surface area contributed by atoms with Crippen molar-refractivity contribution < 1.29 is 4.79 Å². The third-order valence-electron chi connectivity index (χ3n) is 4.95. The summed E-state index contributed by atoms with van der Waals surface area (Å²) in [6.07, 6.45) is 3.27. The lowest BCUT2D eigenvalue weighted by Crippen LogP contribution is -2.44. The third kappa shape index (κ3) is 3.93. The van der Waals surface area contributed by atoms with Crippen LogP contribution in [0.2, 0.25) is 0 Å². The van der Waals surface area contributed by atoms with Crippen LogP contribution in [0.1, 0.15) is 31.4 Å². The van der Waals surface area contributed by atoms with Gasteiger partial charge < -0.3 is 15.1 Å². The molecule has 1 amide bonds. The smallest absolute Gasteiger partial charge is 0.229 e. The highest BCUT2D eigenvalue weighted by Gasteiger charge is 2.24. The molecule has 1 aromatic carbocycles. The molecule has 0 spiro atoms. The van der Waals surface area contributed by atoms with E-state index in [9.17, 15) is 4.79 Å². The normalized spacial score (nSPS) is 19.0. The molecule has 0 bridgehead atoms. The molecule has 0 radical (unpaired) electrons. The van der Waals surface area contributed by atoms with Gasteiger partial charge in [-0.05, 0) is 36.5 Å². The minimum Gasteiger partial charge on any atom is -0.314 e. The number of piperazine rings is 1. The van der Waals surface area contributed by atoms with Crippen LogP contribution in [-0.4, -0.2) is 50.1 Å². The average molecular weight is 315 g/mol. The number of carbonyl (C=O) groups excluding carboxylic acids is 1. The summed E-state index contributed by atoms with van der Waals surface area (Å²) in [5.74, 6) is 0.313. The Morgan fingerprint density at radius 2 is 2.00 bits per heavy atom. The SMILES string of the molecule is CC(C)C(=O)N1CCCc2cc(CCN3CCNCC3)ccc21. The molecule has 0 atom stereocenters. The number of rotatable bonds is 4. The highest BCUT2D eigenvalue weighted by Crippen LogP contribution is 2.29. The number of hydrogen-bond donors (Lipinski definition) is 1. The van der Waals surface area contributed by atoms with Crippen molar-refractivity contribution in [2.24, 2.45) is 5.92 Å². The third-order valence-corrected chi connectivity index (χ3v) is 4.95. The Morgan fingerprint density at radius 3 is 2.74 bits per heavy atom. The predicted molar refractivity (Wildman–Crippen MR) is 95.0 cm³/mol. The Morgan fingerprint density at radius 1 is 1.22 bits per heavy atom. The van der Waals surface area contributed by atoms with E-state index in [1.165, 1.54) is 11.1 Å². The second-order valence-electron chi connectivity index (χ2n) is 7.05. The zero-order chi connectivity index (χ0) is 16.2. The summed E-state index contributed by atoms with van der Waals surface area (Å²) in [5.41, 5.74) is 3.89. The first-order valence-corrected chi connectivity index (χ1v) is 9.01. The van der Waals surface area contributed by atoms with Crippen LogP contribution >= 0.6 is 0 Å². The van der Waals surface area contributed by atoms with Gasteiger partial charge in [0.05, 0.1) is 0 Å². The lowest BCUT2D eigenvalue weighted by Gasteiger charge is -2.31. The van der Waals surface area contributed by atoms with E-state index in [-0.39, 0.29) is 11.8 Å². The fraction of sp³-hybridized carbons (Fsp3) is 0.632. The summed E-state index contributed by atoms with van der Waals surface area (Å²) in [4.78, 5) is 16.9. The molecule has 0 unspecified atom stereocenters. The van der Waals surface area contributed by atoms with E-state index in [0.717, 1.165) is 64.2 Å². The number of nitrogens with one attached hydrogen (secondary N) is 1. The second-order valence-corrected chi connectivity index (χ2v) is 7.05. The topological polar surface area (TPSA) is 35.6 Å². The minimum atomic E-state index is 0.0633. The van der Waals surface area contributed by atoms with Crippen LogP contribution in [0, 0.1) is 5.92 Å². The largest absolute Gasteiger partial charge is 0.314 e. The van der Waals surface area contributed by atoms with Gasteiger partial charge in [-0.25, -0.2) is 0 Å². The molecule has 1 fully saturated rings. The maximum Gasteiger partial charge on any atom is 0.229 e. The van der Waals surface area contributed by atoms with Crippen LogP contribution in [-0.2, 0) is 17.6 Å². The highest BCUT2D eigenvalue weighted by atomic mass is 16.2. The van der Waals surface area contributed by atoms with Crippen LogP contribution in [0.4, 0.5) is 5.69 Å². The van der Waals surface area contributed by atoms with Gasteiger partial charge in [0.25, 0.3) is 0 Å². The van der Waals surface area contributed by atoms with Gasteiger partial charge in [-0.15, -0.1) is 0 Å². The van der Waals surface area contributed by atoms with Gasteiger partial charge in [0.1, 0.15) is 0 Å². The van der Waals surface area contributed by atoms with E-state index in [4.69, 9.17) is 0 Å². The fourth-order valence-corrected chi connectivity index (χ4v) is 3.57. The van der Waals surface area contributed by atoms with E-state index < -0.39 is 0 Å². The molecule has 4 heteroatoms. The molecule has 0 aromatic heterocycles. The molecule has 0 saturated carbocycles. The molecule has 23 heavy (non-hydrogen) atoms. The van der Waals surface area contributed by atoms with Crippen LogP contribution in [0.3, 0.4) is 0 Å². The van der Waals surface area contributed by atoms with E-state index in [2.05, 4.69) is 28.4 Å². The van der Waals surface area contributed by atoms with Crippen molar-refractivity contribution in [1.82, 2.24) is 10.2 Å². The first kappa shape index (κ1) is 16.5. The van der Waals surface area contributed by atoms with E-state index in [1.807, 2.05) is 18.7 Å². The van der Waals surface area contributed by atoms with E-state index in [1.54, 1.807) is 0 Å². The number of aryl methyl sites for hydroxylation is 1. The predicted octanol–water partition coefficient (Wildman–Crippen LogP) is 2.07. The number of hydrogen-bond acceptors (Lipinski definition) is 3. The van der Waals surface area contributed by atoms with Crippen LogP contribution in [0.5, 0.6) is 0 Å². The number of amides is 1. The van der Waals surface area contributed by atoms with Crippen molar-refractivity contribution in [2.75, 3.05) is 44.2 Å². The van der Waals surface area contributed by atoms with Crippen molar-refractivity contribution in [2.45, 2.75) is 33.1 Å². The Hall–Kier alpha value is -1.39. The zero-order valence-electron chi connectivity index (χ0n) is 14.5. The number of carbonyl (C=O) groups is 1. The molecular formula is C19H29N3O. The molecule has 2 aliphatic rings. The first-order chi connectivity index (χ1) is 11.1. The van der Waals surface area contributed by atoms with Crippen LogP contribution < -0.4 is 10.2 Å². The molecule has 126 valence electrons. The second kappa shape index (κ2) is 7.45. The molecule has 3 rings (SSSR count). The molecule has 4 nitrogen and oxygen atoms in total. The summed E-state index contributed by atoms with van der Waals surface area (Å²) in [7, 11) is 0. The summed E-state index contributed by atoms with van der Waals surface area (Å²) in [5, 5.41) is 3.40. The molecule has 2 heterocycles. The summed E-state index contributed by atoms with van der Waals surface area (Å²) >= 11 is 0. The van der Waals surface area contributed by atoms with Gasteiger partial charge in [-0.2, -0.15) is 0 Å². The molecule has 2 aliphatic heterocycles. The minimum absolute atomic E-state index is 0.0633. The van der Waals surface area contributed by atoms with Gasteiger partial charge in [0.2, 0.25) is 5.91 Å². The standard InChI is InChI=1S/C19H29N3O/c1-15(2)19(23)22-10-3-4-17-14-16(5-6-18(17)22)7-11-21-12-8-20-9-13-21/h5-6,14-15,20H,3-4,7-13H2,1-2H3. The Labute approximate surface area is 139 Å². The Balaban J connectivity index is 1.67. The molecule has 1 aromatic rings. The van der Waals surface area contributed by atoms with Crippen molar-refractivity contribution >= 4 is 11.6 Å². The number of nitrogens with zero attached hydrogens (tertiary/aromatic N) is 2. The summed E-state index contributed by atoms with van der Waals surface area (Å²) in [6, 6.07) is 6.71. The maximum atomic E-state index is 12.4. The maximum absolute atomic E-state index is 12.4. The van der Waals surface area contributed by atoms with Gasteiger partial charge in [-0.3, -0.25) is 4.79 Å². The average Bonchev–Trinajstić information content (AvgIpc) is 2.59. The van der Waals surface area contributed by atoms with Crippen molar-refractivity contribution in [1.29, 1.82) is 0 Å². The quantitative estimate of drug-likeness (QED) is 0.924. The number of benzene rings is 1. The van der Waals surface area contributed by atoms with Crippen molar-refractivity contribution in [3.05, 3.63) is 29.3 Å². The fourth-order valence-electron chi connectivity index (χ4n) is 3.57. The Bertz CT molecular complexity index is 550. The van der Waals surface area contributed by atoms with Gasteiger partial charge in [0.15, 0.2) is 0 Å². The summed E-state index contributed by atoms with van der Waals surface area (Å²) in [6.45, 7) is 10.5. The summed E-state index contributed by atoms with van der Waals surface area (Å²) < 4.78 is 0. The van der Waals surface area contributed by atoms with Gasteiger partial charge >= 0.3 is 0 Å². The van der Waals surface area contributed by atoms with Gasteiger partial charge in [-0.1, -0.05) is 26.0 Å². The zero-order valence-corrected chi connectivity index (χ0v) is 14.5. The van der Waals surface area contributed by atoms with E-state index >= 15 is 0 Å². The molecular weight excluding hydrogens is 286 g/mol. The van der Waals surface area contributed by atoms with Crippen molar-refractivity contribution in [3.63, 3.8) is 0 Å². The number of fused-ring (bicyclic) bond motifs is 1. The van der Waals surface area contributed by atoms with Crippen LogP contribution in [0.25, 0.3) is 0 Å². The lowest BCUT2D eigenvalue weighted by molar-refractivity contribution is -0.121.